The Balaban J connectivity index is 0.882. The summed E-state index contributed by atoms with van der Waals surface area (Å²) in [6.07, 6.45) is 23.8. The number of benzene rings is 2. The molecule has 298 valence electrons. The highest BCUT2D eigenvalue weighted by Crippen LogP contribution is 2.67. The lowest BCUT2D eigenvalue weighted by molar-refractivity contribution is -0.151. The van der Waals surface area contributed by atoms with Crippen molar-refractivity contribution in [2.45, 2.75) is 163 Å². The highest BCUT2D eigenvalue weighted by molar-refractivity contribution is 5.69. The van der Waals surface area contributed by atoms with Crippen LogP contribution in [0.25, 0.3) is 11.1 Å². The lowest BCUT2D eigenvalue weighted by Gasteiger charge is -2.58. The van der Waals surface area contributed by atoms with Crippen LogP contribution in [0, 0.1) is 46.3 Å². The summed E-state index contributed by atoms with van der Waals surface area (Å²) in [5, 5.41) is 0. The number of carbonyl (C=O) groups excluding carboxylic acids is 1. The van der Waals surface area contributed by atoms with Crippen molar-refractivity contribution in [3.63, 3.8) is 0 Å². The molecule has 0 saturated heterocycles. The first-order valence-corrected chi connectivity index (χ1v) is 22.5. The largest absolute Gasteiger partial charge is 0.494 e. The summed E-state index contributed by atoms with van der Waals surface area (Å²) < 4.78 is 18.0. The fourth-order valence-corrected chi connectivity index (χ4v) is 11.8. The van der Waals surface area contributed by atoms with Crippen molar-refractivity contribution in [3.05, 3.63) is 60.2 Å². The molecule has 4 heteroatoms. The molecule has 0 spiro atoms. The van der Waals surface area contributed by atoms with Gasteiger partial charge in [-0.15, -0.1) is 0 Å². The minimum Gasteiger partial charge on any atom is -0.494 e. The fourth-order valence-electron chi connectivity index (χ4n) is 11.8. The van der Waals surface area contributed by atoms with Crippen LogP contribution in [0.4, 0.5) is 0 Å². The molecule has 2 aromatic rings. The van der Waals surface area contributed by atoms with E-state index in [0.29, 0.717) is 23.9 Å². The van der Waals surface area contributed by atoms with E-state index < -0.39 is 0 Å². The van der Waals surface area contributed by atoms with Gasteiger partial charge in [0.15, 0.2) is 0 Å². The van der Waals surface area contributed by atoms with Gasteiger partial charge in [-0.3, -0.25) is 4.79 Å². The Kier molecular flexibility index (Phi) is 14.3. The monoisotopic (exact) mass is 739 g/mol. The zero-order valence-corrected chi connectivity index (χ0v) is 35.0. The second-order valence-corrected chi connectivity index (χ2v) is 18.9. The standard InChI is InChI=1S/C50H74O4/c1-7-8-11-33-52-41-22-17-38(18-23-41)39-19-24-42(25-20-39)53-34-12-9-10-16-48(51)54-43-29-31-49(5)40(35-43)21-26-44-46-28-27-45(37(4)15-13-14-36(2)3)50(46,6)32-30-47(44)49/h17-25,36-37,43-47H,7-16,26-35H2,1-6H3/t37-,43+,44+,45-,46+,47+,49+,50-/m1/s1. The molecule has 2 aromatic carbocycles. The average Bonchev–Trinajstić information content (AvgIpc) is 3.52. The third kappa shape index (κ3) is 9.78. The third-order valence-electron chi connectivity index (χ3n) is 14.9. The lowest BCUT2D eigenvalue weighted by Crippen LogP contribution is -2.51. The maximum absolute atomic E-state index is 12.9. The van der Waals surface area contributed by atoms with Crippen molar-refractivity contribution >= 4 is 5.97 Å². The van der Waals surface area contributed by atoms with Crippen LogP contribution in [0.2, 0.25) is 0 Å². The molecule has 0 bridgehead atoms. The van der Waals surface area contributed by atoms with Gasteiger partial charge in [-0.25, -0.2) is 0 Å². The maximum atomic E-state index is 12.9. The summed E-state index contributed by atoms with van der Waals surface area (Å²) in [6, 6.07) is 16.7. The number of ether oxygens (including phenoxy) is 3. The van der Waals surface area contributed by atoms with Gasteiger partial charge in [0.25, 0.3) is 0 Å². The van der Waals surface area contributed by atoms with Crippen LogP contribution in [-0.2, 0) is 9.53 Å². The van der Waals surface area contributed by atoms with Crippen molar-refractivity contribution in [2.24, 2.45) is 46.3 Å². The summed E-state index contributed by atoms with van der Waals surface area (Å²) in [5.74, 6) is 6.93. The van der Waals surface area contributed by atoms with Crippen LogP contribution in [-0.4, -0.2) is 25.3 Å². The fraction of sp³-hybridized carbons (Fsp3) is 0.700. The van der Waals surface area contributed by atoms with Gasteiger partial charge in [0.1, 0.15) is 17.6 Å². The minimum absolute atomic E-state index is 0.0153. The van der Waals surface area contributed by atoms with Crippen LogP contribution in [0.5, 0.6) is 11.5 Å². The smallest absolute Gasteiger partial charge is 0.306 e. The number of hydrogen-bond donors (Lipinski definition) is 0. The van der Waals surface area contributed by atoms with E-state index in [1.165, 1.54) is 81.8 Å². The normalized spacial score (nSPS) is 29.5. The molecule has 54 heavy (non-hydrogen) atoms. The third-order valence-corrected chi connectivity index (χ3v) is 14.9. The molecule has 3 saturated carbocycles. The van der Waals surface area contributed by atoms with Gasteiger partial charge in [0, 0.05) is 12.8 Å². The SMILES string of the molecule is CCCCCOc1ccc(-c2ccc(OCCCCCC(=O)O[C@H]3CC[C@@]4(C)C(=CC[C@H]5[C@@H]6CC[C@H]([C@H](C)CCCC(C)C)[C@@]6(C)CC[C@@H]54)C3)cc2)cc1. The Labute approximate surface area is 329 Å². The lowest BCUT2D eigenvalue weighted by atomic mass is 9.47. The molecule has 0 heterocycles. The van der Waals surface area contributed by atoms with E-state index in [-0.39, 0.29) is 12.1 Å². The summed E-state index contributed by atoms with van der Waals surface area (Å²) in [6.45, 7) is 16.2. The number of allylic oxidation sites excluding steroid dienone is 1. The minimum atomic E-state index is -0.0153. The molecule has 0 radical (unpaired) electrons. The molecular weight excluding hydrogens is 665 g/mol. The second-order valence-electron chi connectivity index (χ2n) is 18.9. The molecule has 3 fully saturated rings. The Bertz CT molecular complexity index is 1490. The number of rotatable bonds is 19. The van der Waals surface area contributed by atoms with Crippen molar-refractivity contribution < 1.29 is 19.0 Å². The van der Waals surface area contributed by atoms with Gasteiger partial charge < -0.3 is 14.2 Å². The molecule has 0 N–H and O–H groups in total. The molecule has 0 aromatic heterocycles. The summed E-state index contributed by atoms with van der Waals surface area (Å²) in [5.41, 5.74) is 4.78. The maximum Gasteiger partial charge on any atom is 0.306 e. The van der Waals surface area contributed by atoms with E-state index in [0.717, 1.165) is 92.1 Å². The molecule has 0 aliphatic heterocycles. The van der Waals surface area contributed by atoms with Crippen LogP contribution in [0.1, 0.15) is 157 Å². The quantitative estimate of drug-likeness (QED) is 0.0818. The predicted molar refractivity (Wildman–Crippen MR) is 224 cm³/mol. The molecule has 4 nitrogen and oxygen atoms in total. The van der Waals surface area contributed by atoms with Crippen molar-refractivity contribution in [2.75, 3.05) is 13.2 Å². The van der Waals surface area contributed by atoms with Gasteiger partial charge in [-0.05, 0) is 152 Å². The van der Waals surface area contributed by atoms with Crippen molar-refractivity contribution in [1.29, 1.82) is 0 Å². The van der Waals surface area contributed by atoms with Crippen molar-refractivity contribution in [3.8, 4) is 22.6 Å². The van der Waals surface area contributed by atoms with E-state index in [4.69, 9.17) is 14.2 Å². The van der Waals surface area contributed by atoms with E-state index in [9.17, 15) is 4.79 Å². The molecule has 0 amide bonds. The first kappa shape index (κ1) is 40.9. The number of fused-ring (bicyclic) bond motifs is 5. The van der Waals surface area contributed by atoms with Gasteiger partial charge in [0.2, 0.25) is 0 Å². The predicted octanol–water partition coefficient (Wildman–Crippen LogP) is 13.8. The number of esters is 1. The topological polar surface area (TPSA) is 44.8 Å². The zero-order valence-electron chi connectivity index (χ0n) is 35.0. The molecule has 6 rings (SSSR count). The van der Waals surface area contributed by atoms with Crippen molar-refractivity contribution in [1.82, 2.24) is 0 Å². The first-order valence-electron chi connectivity index (χ1n) is 22.5. The summed E-state index contributed by atoms with van der Waals surface area (Å²) in [4.78, 5) is 12.9. The summed E-state index contributed by atoms with van der Waals surface area (Å²) in [7, 11) is 0. The van der Waals surface area contributed by atoms with E-state index >= 15 is 0 Å². The van der Waals surface area contributed by atoms with Gasteiger partial charge in [-0.1, -0.05) is 110 Å². The van der Waals surface area contributed by atoms with Crippen LogP contribution >= 0.6 is 0 Å². The highest BCUT2D eigenvalue weighted by atomic mass is 16.5. The molecule has 4 aliphatic rings. The van der Waals surface area contributed by atoms with E-state index in [1.54, 1.807) is 5.57 Å². The van der Waals surface area contributed by atoms with Crippen LogP contribution in [0.15, 0.2) is 60.2 Å². The van der Waals surface area contributed by atoms with Crippen LogP contribution < -0.4 is 9.47 Å². The van der Waals surface area contributed by atoms with Gasteiger partial charge in [0.05, 0.1) is 13.2 Å². The molecule has 0 unspecified atom stereocenters. The number of carbonyl (C=O) groups is 1. The van der Waals surface area contributed by atoms with Gasteiger partial charge >= 0.3 is 5.97 Å². The molecule has 4 aliphatic carbocycles. The van der Waals surface area contributed by atoms with E-state index in [2.05, 4.69) is 84.0 Å². The van der Waals surface area contributed by atoms with Gasteiger partial charge in [-0.2, -0.15) is 0 Å². The highest BCUT2D eigenvalue weighted by Gasteiger charge is 2.59. The number of unbranched alkanes of at least 4 members (excludes halogenated alkanes) is 4. The Hall–Kier alpha value is -2.75. The van der Waals surface area contributed by atoms with Crippen LogP contribution in [0.3, 0.4) is 0 Å². The Morgan fingerprint density at radius 1 is 0.741 bits per heavy atom. The Morgan fingerprint density at radius 2 is 1.41 bits per heavy atom. The molecule has 8 atom stereocenters. The second kappa shape index (κ2) is 18.9. The average molecular weight is 739 g/mol. The molecular formula is C50H74O4. The zero-order chi connectivity index (χ0) is 38.1. The first-order chi connectivity index (χ1) is 26.1. The summed E-state index contributed by atoms with van der Waals surface area (Å²) >= 11 is 0. The Morgan fingerprint density at radius 3 is 2.06 bits per heavy atom. The van der Waals surface area contributed by atoms with E-state index in [1.807, 2.05) is 12.1 Å². The number of hydrogen-bond acceptors (Lipinski definition) is 4.